The number of carboxylic acid groups (broad SMARTS) is 1. The Labute approximate surface area is 235 Å². The molecule has 0 radical (unpaired) electrons. The third-order valence-corrected chi connectivity index (χ3v) is 6.44. The molecule has 1 amide bonds. The highest BCUT2D eigenvalue weighted by Gasteiger charge is 2.29. The number of rotatable bonds is 20. The number of aromatic nitrogens is 2. The monoisotopic (exact) mass is 563 g/mol. The highest BCUT2D eigenvalue weighted by Crippen LogP contribution is 2.14. The minimum atomic E-state index is -1.23. The molecule has 1 heterocycles. The Morgan fingerprint density at radius 1 is 1.25 bits per heavy atom. The van der Waals surface area contributed by atoms with Crippen LogP contribution in [-0.2, 0) is 25.7 Å². The van der Waals surface area contributed by atoms with Crippen molar-refractivity contribution in [2.24, 2.45) is 11.1 Å². The smallest absolute Gasteiger partial charge is 0.305 e. The lowest BCUT2D eigenvalue weighted by Crippen LogP contribution is -2.49. The van der Waals surface area contributed by atoms with Crippen LogP contribution in [0.5, 0.6) is 0 Å². The lowest BCUT2D eigenvalue weighted by molar-refractivity contribution is -0.140. The molecule has 5 N–H and O–H groups in total. The van der Waals surface area contributed by atoms with Gasteiger partial charge < -0.3 is 20.7 Å². The predicted octanol–water partition coefficient (Wildman–Crippen LogP) is 2.03. The fourth-order valence-corrected chi connectivity index (χ4v) is 4.00. The van der Waals surface area contributed by atoms with Gasteiger partial charge in [-0.05, 0) is 45.4 Å². The molecule has 13 nitrogen and oxygen atoms in total. The molecule has 0 aliphatic rings. The summed E-state index contributed by atoms with van der Waals surface area (Å²) in [6.45, 7) is 12.0. The normalized spacial score (nSPS) is 13.0. The quantitative estimate of drug-likeness (QED) is 0.104. The van der Waals surface area contributed by atoms with E-state index in [0.717, 1.165) is 25.7 Å². The Kier molecular flexibility index (Phi) is 15.4. The minimum absolute atomic E-state index is 0.00615. The number of nitrogens with zero attached hydrogens (tertiary/aromatic N) is 4. The van der Waals surface area contributed by atoms with Gasteiger partial charge in [-0.15, -0.1) is 5.90 Å². The molecule has 0 aliphatic carbocycles. The second-order valence-electron chi connectivity index (χ2n) is 9.73. The maximum atomic E-state index is 13.4. The number of ketones is 1. The number of likely N-dealkylation sites (N-methyl/N-ethyl adjacent to an activating group) is 1. The molecule has 0 fully saturated rings. The SMILES string of the molecule is C=C(CNc1nc(CC)cn(C(CC)C(=O)NC(CC(=O)O)C(=O)CN(C)CCCCCC)c1=O)/C(C)=N\ON. The average molecular weight is 564 g/mol. The molecule has 1 aromatic heterocycles. The van der Waals surface area contributed by atoms with Crippen LogP contribution >= 0.6 is 0 Å². The summed E-state index contributed by atoms with van der Waals surface area (Å²) in [5.41, 5.74) is 0.936. The molecule has 40 heavy (non-hydrogen) atoms. The lowest BCUT2D eigenvalue weighted by Gasteiger charge is -2.24. The third-order valence-electron chi connectivity index (χ3n) is 6.44. The van der Waals surface area contributed by atoms with Crippen molar-refractivity contribution in [1.29, 1.82) is 0 Å². The minimum Gasteiger partial charge on any atom is -0.481 e. The van der Waals surface area contributed by atoms with E-state index in [1.165, 1.54) is 10.8 Å². The van der Waals surface area contributed by atoms with E-state index < -0.39 is 41.7 Å². The van der Waals surface area contributed by atoms with Gasteiger partial charge in [0.1, 0.15) is 6.04 Å². The molecule has 1 rings (SSSR count). The van der Waals surface area contributed by atoms with Crippen LogP contribution in [-0.4, -0.2) is 75.7 Å². The predicted molar refractivity (Wildman–Crippen MR) is 154 cm³/mol. The van der Waals surface area contributed by atoms with Crippen molar-refractivity contribution in [2.45, 2.75) is 84.7 Å². The molecule has 0 bridgehead atoms. The fourth-order valence-electron chi connectivity index (χ4n) is 4.00. The Morgan fingerprint density at radius 3 is 2.52 bits per heavy atom. The number of carboxylic acids is 1. The molecule has 0 saturated heterocycles. The summed E-state index contributed by atoms with van der Waals surface area (Å²) >= 11 is 0. The van der Waals surface area contributed by atoms with Crippen LogP contribution in [0.1, 0.15) is 78.0 Å². The van der Waals surface area contributed by atoms with Crippen LogP contribution in [0.2, 0.25) is 0 Å². The maximum absolute atomic E-state index is 13.4. The van der Waals surface area contributed by atoms with Gasteiger partial charge in [-0.2, -0.15) is 0 Å². The van der Waals surface area contributed by atoms with E-state index in [0.29, 0.717) is 29.9 Å². The van der Waals surface area contributed by atoms with E-state index in [1.54, 1.807) is 20.9 Å². The van der Waals surface area contributed by atoms with Crippen molar-refractivity contribution < 1.29 is 24.4 Å². The Hall–Kier alpha value is -3.58. The van der Waals surface area contributed by atoms with Crippen molar-refractivity contribution in [3.05, 3.63) is 34.4 Å². The third kappa shape index (κ3) is 11.3. The number of unbranched alkanes of at least 4 members (excludes halogenated alkanes) is 3. The highest BCUT2D eigenvalue weighted by atomic mass is 16.7. The summed E-state index contributed by atoms with van der Waals surface area (Å²) in [4.78, 5) is 61.6. The fraction of sp³-hybridized carbons (Fsp3) is 0.630. The zero-order valence-electron chi connectivity index (χ0n) is 24.4. The standard InChI is InChI=1S/C27H45N7O6/c1-7-10-11-12-13-33(6)17-23(35)21(14-24(36)37)31-26(38)22(9-3)34-16-20(8-2)30-25(27(34)39)29-15-18(4)19(5)32-40-28/h16,21-22H,4,7-15,17,28H2,1-3,5-6H3,(H,29,30)(H,31,38)(H,36,37)/b32-19-. The largest absolute Gasteiger partial charge is 0.481 e. The van der Waals surface area contributed by atoms with Crippen LogP contribution in [0.25, 0.3) is 0 Å². The molecule has 0 aromatic carbocycles. The highest BCUT2D eigenvalue weighted by molar-refractivity contribution is 5.98. The number of aryl methyl sites for hydroxylation is 1. The molecule has 2 atom stereocenters. The van der Waals surface area contributed by atoms with Crippen LogP contribution in [0.15, 0.2) is 28.3 Å². The number of oxime groups is 1. The maximum Gasteiger partial charge on any atom is 0.305 e. The first kappa shape index (κ1) is 34.4. The molecule has 0 spiro atoms. The molecule has 13 heteroatoms. The summed E-state index contributed by atoms with van der Waals surface area (Å²) in [6, 6.07) is -2.22. The van der Waals surface area contributed by atoms with Crippen molar-refractivity contribution >= 4 is 29.2 Å². The van der Waals surface area contributed by atoms with E-state index in [9.17, 15) is 24.3 Å². The van der Waals surface area contributed by atoms with Gasteiger partial charge in [0.05, 0.1) is 30.4 Å². The number of aliphatic carboxylic acids is 1. The summed E-state index contributed by atoms with van der Waals surface area (Å²) in [5.74, 6) is 2.73. The average Bonchev–Trinajstić information content (AvgIpc) is 2.90. The van der Waals surface area contributed by atoms with Gasteiger partial charge >= 0.3 is 5.97 Å². The molecular weight excluding hydrogens is 518 g/mol. The van der Waals surface area contributed by atoms with Gasteiger partial charge in [-0.3, -0.25) is 28.6 Å². The van der Waals surface area contributed by atoms with Crippen LogP contribution < -0.4 is 22.1 Å². The Balaban J connectivity index is 3.15. The van der Waals surface area contributed by atoms with Gasteiger partial charge in [-0.25, -0.2) is 4.98 Å². The zero-order valence-corrected chi connectivity index (χ0v) is 24.4. The number of amides is 1. The van der Waals surface area contributed by atoms with E-state index in [4.69, 9.17) is 5.90 Å². The second kappa shape index (κ2) is 17.9. The number of nitrogens with two attached hydrogens (primary N) is 1. The molecule has 0 aliphatic heterocycles. The van der Waals surface area contributed by atoms with Crippen molar-refractivity contribution in [2.75, 3.05) is 32.0 Å². The summed E-state index contributed by atoms with van der Waals surface area (Å²) in [7, 11) is 1.79. The summed E-state index contributed by atoms with van der Waals surface area (Å²) < 4.78 is 1.26. The van der Waals surface area contributed by atoms with Crippen LogP contribution in [0.4, 0.5) is 5.82 Å². The molecular formula is C27H45N7O6. The zero-order chi connectivity index (χ0) is 30.2. The molecule has 224 valence electrons. The first-order valence-electron chi connectivity index (χ1n) is 13.7. The van der Waals surface area contributed by atoms with E-state index in [2.05, 4.69) is 39.2 Å². The number of anilines is 1. The lowest BCUT2D eigenvalue weighted by atomic mass is 10.1. The first-order valence-corrected chi connectivity index (χ1v) is 13.7. The van der Waals surface area contributed by atoms with Crippen molar-refractivity contribution in [3.63, 3.8) is 0 Å². The van der Waals surface area contributed by atoms with Gasteiger partial charge in [0.2, 0.25) is 5.91 Å². The molecule has 0 saturated carbocycles. The van der Waals surface area contributed by atoms with E-state index in [-0.39, 0.29) is 25.3 Å². The molecule has 2 unspecified atom stereocenters. The first-order chi connectivity index (χ1) is 19.0. The van der Waals surface area contributed by atoms with Gasteiger partial charge in [0, 0.05) is 12.7 Å². The topological polar surface area (TPSA) is 181 Å². The number of carbonyl (C=O) groups excluding carboxylic acids is 2. The summed E-state index contributed by atoms with van der Waals surface area (Å²) in [6.07, 6.45) is 5.82. The van der Waals surface area contributed by atoms with Crippen LogP contribution in [0, 0.1) is 0 Å². The number of hydrogen-bond donors (Lipinski definition) is 4. The summed E-state index contributed by atoms with van der Waals surface area (Å²) in [5, 5.41) is 18.5. The second-order valence-corrected chi connectivity index (χ2v) is 9.73. The van der Waals surface area contributed by atoms with Gasteiger partial charge in [0.15, 0.2) is 11.6 Å². The van der Waals surface area contributed by atoms with Crippen molar-refractivity contribution in [1.82, 2.24) is 19.8 Å². The number of carbonyl (C=O) groups is 3. The van der Waals surface area contributed by atoms with Gasteiger partial charge in [0.25, 0.3) is 5.56 Å². The Bertz CT molecular complexity index is 1100. The molecule has 1 aromatic rings. The number of nitrogens with one attached hydrogen (secondary N) is 2. The number of hydrogen-bond acceptors (Lipinski definition) is 10. The van der Waals surface area contributed by atoms with Crippen molar-refractivity contribution in [3.8, 4) is 0 Å². The number of Topliss-reactive ketones (excluding diaryl/α,β-unsaturated/α-hetero) is 1. The van der Waals surface area contributed by atoms with Gasteiger partial charge in [-0.1, -0.05) is 51.8 Å². The van der Waals surface area contributed by atoms with Crippen LogP contribution in [0.3, 0.4) is 0 Å². The Morgan fingerprint density at radius 2 is 1.95 bits per heavy atom. The van der Waals surface area contributed by atoms with E-state index >= 15 is 0 Å². The van der Waals surface area contributed by atoms with E-state index in [1.807, 2.05) is 11.8 Å².